The van der Waals surface area contributed by atoms with Crippen molar-refractivity contribution in [3.05, 3.63) is 62.6 Å². The first-order valence-corrected chi connectivity index (χ1v) is 8.07. The number of nitro groups is 1. The minimum Gasteiger partial charge on any atom is -0.268 e. The van der Waals surface area contributed by atoms with E-state index >= 15 is 0 Å². The first-order valence-electron chi connectivity index (χ1n) is 6.58. The van der Waals surface area contributed by atoms with Crippen LogP contribution in [0.5, 0.6) is 0 Å². The van der Waals surface area contributed by atoms with E-state index in [1.54, 1.807) is 13.0 Å². The third-order valence-corrected chi connectivity index (χ3v) is 4.41. The highest BCUT2D eigenvalue weighted by Crippen LogP contribution is 2.16. The Morgan fingerprint density at radius 1 is 1.30 bits per heavy atom. The minimum absolute atomic E-state index is 0.0503. The number of aryl methyl sites for hydroxylation is 1. The van der Waals surface area contributed by atoms with Crippen LogP contribution < -0.4 is 10.3 Å². The Labute approximate surface area is 131 Å². The number of hydrogen-bond acceptors (Lipinski definition) is 6. The normalized spacial score (nSPS) is 11.3. The van der Waals surface area contributed by atoms with Gasteiger partial charge in [0.2, 0.25) is 10.0 Å². The summed E-state index contributed by atoms with van der Waals surface area (Å²) >= 11 is 0. The number of aromatic nitrogens is 2. The first-order chi connectivity index (χ1) is 10.8. The van der Waals surface area contributed by atoms with Gasteiger partial charge < -0.3 is 0 Å². The van der Waals surface area contributed by atoms with Crippen LogP contribution in [0, 0.1) is 17.0 Å². The van der Waals surface area contributed by atoms with E-state index in [0.717, 1.165) is 10.7 Å². The summed E-state index contributed by atoms with van der Waals surface area (Å²) in [4.78, 5) is 21.4. The molecule has 0 spiro atoms. The predicted octanol–water partition coefficient (Wildman–Crippen LogP) is 0.438. The molecule has 0 amide bonds. The van der Waals surface area contributed by atoms with Crippen LogP contribution in [0.3, 0.4) is 0 Å². The molecule has 122 valence electrons. The standard InChI is InChI=1S/C13H14N4O5S/c1-10-5-6-13(18)16(15-10)8-7-14-23(21,22)12-4-2-3-11(9-12)17(19)20/h2-6,9,14H,7-8H2,1H3. The van der Waals surface area contributed by atoms with E-state index in [2.05, 4.69) is 9.82 Å². The molecular formula is C13H14N4O5S. The fourth-order valence-corrected chi connectivity index (χ4v) is 2.90. The number of nitro benzene ring substituents is 1. The zero-order valence-electron chi connectivity index (χ0n) is 12.2. The van der Waals surface area contributed by atoms with Crippen LogP contribution in [0.1, 0.15) is 5.69 Å². The maximum atomic E-state index is 12.1. The quantitative estimate of drug-likeness (QED) is 0.602. The number of non-ortho nitro benzene ring substituents is 1. The molecule has 0 fully saturated rings. The van der Waals surface area contributed by atoms with Gasteiger partial charge in [-0.05, 0) is 19.1 Å². The Morgan fingerprint density at radius 2 is 2.04 bits per heavy atom. The lowest BCUT2D eigenvalue weighted by Gasteiger charge is -2.08. The van der Waals surface area contributed by atoms with Gasteiger partial charge in [0.15, 0.2) is 0 Å². The summed E-state index contributed by atoms with van der Waals surface area (Å²) in [5, 5.41) is 14.7. The Hall–Kier alpha value is -2.59. The summed E-state index contributed by atoms with van der Waals surface area (Å²) in [7, 11) is -3.91. The van der Waals surface area contributed by atoms with Gasteiger partial charge >= 0.3 is 0 Å². The number of nitrogens with zero attached hydrogens (tertiary/aromatic N) is 3. The summed E-state index contributed by atoms with van der Waals surface area (Å²) < 4.78 is 27.6. The van der Waals surface area contributed by atoms with Crippen molar-refractivity contribution in [2.75, 3.05) is 6.54 Å². The van der Waals surface area contributed by atoms with Crippen molar-refractivity contribution >= 4 is 15.7 Å². The molecular weight excluding hydrogens is 324 g/mol. The van der Waals surface area contributed by atoms with Gasteiger partial charge in [-0.3, -0.25) is 14.9 Å². The number of rotatable bonds is 6. The molecule has 1 aromatic carbocycles. The highest BCUT2D eigenvalue weighted by Gasteiger charge is 2.17. The topological polar surface area (TPSA) is 124 Å². The molecule has 1 aromatic heterocycles. The fourth-order valence-electron chi connectivity index (χ4n) is 1.84. The average Bonchev–Trinajstić information content (AvgIpc) is 2.50. The fraction of sp³-hybridized carbons (Fsp3) is 0.231. The van der Waals surface area contributed by atoms with Gasteiger partial charge in [-0.1, -0.05) is 6.07 Å². The third kappa shape index (κ3) is 4.20. The van der Waals surface area contributed by atoms with E-state index in [4.69, 9.17) is 0 Å². The monoisotopic (exact) mass is 338 g/mol. The molecule has 0 saturated heterocycles. The highest BCUT2D eigenvalue weighted by atomic mass is 32.2. The molecule has 10 heteroatoms. The molecule has 0 unspecified atom stereocenters. The van der Waals surface area contributed by atoms with Crippen LogP contribution in [0.2, 0.25) is 0 Å². The van der Waals surface area contributed by atoms with Crippen LogP contribution >= 0.6 is 0 Å². The summed E-state index contributed by atoms with van der Waals surface area (Å²) in [5.74, 6) is 0. The zero-order valence-corrected chi connectivity index (χ0v) is 13.0. The van der Waals surface area contributed by atoms with Crippen LogP contribution in [0.25, 0.3) is 0 Å². The van der Waals surface area contributed by atoms with E-state index in [1.807, 2.05) is 0 Å². The van der Waals surface area contributed by atoms with Crippen LogP contribution in [-0.2, 0) is 16.6 Å². The molecule has 0 saturated carbocycles. The molecule has 1 heterocycles. The summed E-state index contributed by atoms with van der Waals surface area (Å²) in [6.07, 6.45) is 0. The first kappa shape index (κ1) is 16.8. The van der Waals surface area contributed by atoms with Crippen molar-refractivity contribution < 1.29 is 13.3 Å². The van der Waals surface area contributed by atoms with Gasteiger partial charge in [0.1, 0.15) is 0 Å². The maximum Gasteiger partial charge on any atom is 0.270 e. The molecule has 1 N–H and O–H groups in total. The molecule has 0 aliphatic heterocycles. The van der Waals surface area contributed by atoms with Crippen molar-refractivity contribution in [1.29, 1.82) is 0 Å². The Kier molecular flexibility index (Phi) is 4.86. The number of hydrogen-bond donors (Lipinski definition) is 1. The van der Waals surface area contributed by atoms with Crippen molar-refractivity contribution in [3.63, 3.8) is 0 Å². The van der Waals surface area contributed by atoms with Crippen molar-refractivity contribution in [3.8, 4) is 0 Å². The van der Waals surface area contributed by atoms with E-state index in [1.165, 1.54) is 24.3 Å². The van der Waals surface area contributed by atoms with Crippen molar-refractivity contribution in [1.82, 2.24) is 14.5 Å². The molecule has 0 aliphatic carbocycles. The Balaban J connectivity index is 2.10. The number of sulfonamides is 1. The van der Waals surface area contributed by atoms with E-state index in [0.29, 0.717) is 5.69 Å². The minimum atomic E-state index is -3.91. The molecule has 23 heavy (non-hydrogen) atoms. The smallest absolute Gasteiger partial charge is 0.268 e. The highest BCUT2D eigenvalue weighted by molar-refractivity contribution is 7.89. The number of benzene rings is 1. The second kappa shape index (κ2) is 6.67. The lowest BCUT2D eigenvalue weighted by Crippen LogP contribution is -2.32. The average molecular weight is 338 g/mol. The lowest BCUT2D eigenvalue weighted by molar-refractivity contribution is -0.385. The third-order valence-electron chi connectivity index (χ3n) is 2.95. The molecule has 0 aliphatic rings. The second-order valence-electron chi connectivity index (χ2n) is 4.69. The number of nitrogens with one attached hydrogen (secondary N) is 1. The van der Waals surface area contributed by atoms with Gasteiger partial charge in [-0.15, -0.1) is 0 Å². The molecule has 0 radical (unpaired) electrons. The summed E-state index contributed by atoms with van der Waals surface area (Å²) in [6, 6.07) is 7.63. The predicted molar refractivity (Wildman–Crippen MR) is 81.5 cm³/mol. The van der Waals surface area contributed by atoms with Crippen LogP contribution in [-0.4, -0.2) is 29.7 Å². The maximum absolute atomic E-state index is 12.1. The van der Waals surface area contributed by atoms with Gasteiger partial charge in [0, 0.05) is 24.7 Å². The van der Waals surface area contributed by atoms with Crippen LogP contribution in [0.15, 0.2) is 46.1 Å². The molecule has 2 aromatic rings. The molecule has 2 rings (SSSR count). The van der Waals surface area contributed by atoms with Crippen molar-refractivity contribution in [2.24, 2.45) is 0 Å². The summed E-state index contributed by atoms with van der Waals surface area (Å²) in [6.45, 7) is 1.69. The lowest BCUT2D eigenvalue weighted by atomic mass is 10.3. The molecule has 0 bridgehead atoms. The van der Waals surface area contributed by atoms with Gasteiger partial charge in [0.25, 0.3) is 11.2 Å². The summed E-state index contributed by atoms with van der Waals surface area (Å²) in [5.41, 5.74) is -0.0271. The zero-order chi connectivity index (χ0) is 17.0. The van der Waals surface area contributed by atoms with Gasteiger partial charge in [-0.25, -0.2) is 17.8 Å². The van der Waals surface area contributed by atoms with E-state index < -0.39 is 14.9 Å². The molecule has 9 nitrogen and oxygen atoms in total. The Bertz CT molecular complexity index is 891. The van der Waals surface area contributed by atoms with Crippen LogP contribution in [0.4, 0.5) is 5.69 Å². The van der Waals surface area contributed by atoms with E-state index in [9.17, 15) is 23.3 Å². The second-order valence-corrected chi connectivity index (χ2v) is 6.46. The SMILES string of the molecule is Cc1ccc(=O)n(CCNS(=O)(=O)c2cccc([N+](=O)[O-])c2)n1. The molecule has 0 atom stereocenters. The Morgan fingerprint density at radius 3 is 2.74 bits per heavy atom. The largest absolute Gasteiger partial charge is 0.270 e. The van der Waals surface area contributed by atoms with Crippen molar-refractivity contribution in [2.45, 2.75) is 18.4 Å². The van der Waals surface area contributed by atoms with Gasteiger partial charge in [-0.2, -0.15) is 5.10 Å². The van der Waals surface area contributed by atoms with Gasteiger partial charge in [0.05, 0.1) is 22.1 Å². The van der Waals surface area contributed by atoms with E-state index in [-0.39, 0.29) is 29.2 Å².